The Hall–Kier alpha value is -1.53. The maximum atomic E-state index is 9.66. The van der Waals surface area contributed by atoms with E-state index in [0.717, 1.165) is 11.3 Å². The topological polar surface area (TPSA) is 53.2 Å². The van der Waals surface area contributed by atoms with Gasteiger partial charge in [-0.15, -0.1) is 0 Å². The van der Waals surface area contributed by atoms with Gasteiger partial charge < -0.3 is 9.84 Å². The lowest BCUT2D eigenvalue weighted by atomic mass is 10.1. The Morgan fingerprint density at radius 2 is 2.36 bits per heavy atom. The first-order chi connectivity index (χ1) is 6.77. The summed E-state index contributed by atoms with van der Waals surface area (Å²) in [6.45, 7) is 0. The molecule has 0 aromatic heterocycles. The Kier molecular flexibility index (Phi) is 3.96. The molecule has 0 amide bonds. The molecule has 14 heavy (non-hydrogen) atoms. The van der Waals surface area contributed by atoms with Crippen LogP contribution in [0.5, 0.6) is 5.75 Å². The zero-order valence-corrected chi connectivity index (χ0v) is 8.10. The largest absolute Gasteiger partial charge is 0.497 e. The molecule has 1 aromatic rings. The summed E-state index contributed by atoms with van der Waals surface area (Å²) >= 11 is 0. The number of rotatable bonds is 4. The third kappa shape index (κ3) is 2.75. The van der Waals surface area contributed by atoms with Crippen molar-refractivity contribution in [3.63, 3.8) is 0 Å². The lowest BCUT2D eigenvalue weighted by Gasteiger charge is -2.09. The number of aliphatic hydroxyl groups is 1. The van der Waals surface area contributed by atoms with E-state index in [0.29, 0.717) is 12.8 Å². The number of hydrogen-bond donors (Lipinski definition) is 1. The molecule has 0 aliphatic rings. The molecular formula is C11H13NO2. The minimum Gasteiger partial charge on any atom is -0.497 e. The van der Waals surface area contributed by atoms with Gasteiger partial charge in [0.2, 0.25) is 0 Å². The molecule has 74 valence electrons. The fourth-order valence-corrected chi connectivity index (χ4v) is 1.22. The van der Waals surface area contributed by atoms with Crippen molar-refractivity contribution < 1.29 is 9.84 Å². The zero-order chi connectivity index (χ0) is 10.4. The average Bonchev–Trinajstić information content (AvgIpc) is 2.26. The first kappa shape index (κ1) is 10.6. The van der Waals surface area contributed by atoms with Crippen LogP contribution in [-0.4, -0.2) is 12.2 Å². The smallest absolute Gasteiger partial charge is 0.119 e. The van der Waals surface area contributed by atoms with Crippen LogP contribution in [0.25, 0.3) is 0 Å². The van der Waals surface area contributed by atoms with Gasteiger partial charge in [-0.1, -0.05) is 12.1 Å². The van der Waals surface area contributed by atoms with Crippen molar-refractivity contribution >= 4 is 0 Å². The Labute approximate surface area is 83.6 Å². The number of benzene rings is 1. The molecule has 1 N–H and O–H groups in total. The van der Waals surface area contributed by atoms with Crippen molar-refractivity contribution in [3.8, 4) is 11.8 Å². The lowest BCUT2D eigenvalue weighted by molar-refractivity contribution is 0.169. The van der Waals surface area contributed by atoms with Crippen molar-refractivity contribution in [2.24, 2.45) is 0 Å². The van der Waals surface area contributed by atoms with Gasteiger partial charge in [-0.05, 0) is 24.1 Å². The van der Waals surface area contributed by atoms with E-state index < -0.39 is 6.10 Å². The van der Waals surface area contributed by atoms with Gasteiger partial charge in [0.05, 0.1) is 19.3 Å². The Balaban J connectivity index is 2.70. The monoisotopic (exact) mass is 191 g/mol. The molecule has 0 radical (unpaired) electrons. The van der Waals surface area contributed by atoms with Crippen LogP contribution in [0.4, 0.5) is 0 Å². The highest BCUT2D eigenvalue weighted by molar-refractivity contribution is 5.29. The fraction of sp³-hybridized carbons (Fsp3) is 0.364. The van der Waals surface area contributed by atoms with E-state index >= 15 is 0 Å². The summed E-state index contributed by atoms with van der Waals surface area (Å²) in [7, 11) is 1.58. The molecule has 0 aliphatic heterocycles. The minimum absolute atomic E-state index is 0.360. The summed E-state index contributed by atoms with van der Waals surface area (Å²) in [6.07, 6.45) is 0.243. The molecular weight excluding hydrogens is 178 g/mol. The van der Waals surface area contributed by atoms with Crippen molar-refractivity contribution in [1.29, 1.82) is 5.26 Å². The second-order valence-corrected chi connectivity index (χ2v) is 2.99. The SMILES string of the molecule is COc1cccc(C(O)CCC#N)c1. The van der Waals surface area contributed by atoms with E-state index in [1.165, 1.54) is 0 Å². The fourth-order valence-electron chi connectivity index (χ4n) is 1.22. The predicted octanol–water partition coefficient (Wildman–Crippen LogP) is 2.03. The number of nitriles is 1. The lowest BCUT2D eigenvalue weighted by Crippen LogP contribution is -1.97. The third-order valence-corrected chi connectivity index (χ3v) is 2.01. The molecule has 0 saturated heterocycles. The zero-order valence-electron chi connectivity index (χ0n) is 8.10. The standard InChI is InChI=1S/C11H13NO2/c1-14-10-5-2-4-9(8-10)11(13)6-3-7-12/h2,4-5,8,11,13H,3,6H2,1H3. The number of methoxy groups -OCH3 is 1. The molecule has 3 heteroatoms. The molecule has 0 bridgehead atoms. The van der Waals surface area contributed by atoms with Gasteiger partial charge >= 0.3 is 0 Å². The predicted molar refractivity (Wildman–Crippen MR) is 52.8 cm³/mol. The van der Waals surface area contributed by atoms with Gasteiger partial charge in [-0.25, -0.2) is 0 Å². The molecule has 1 aromatic carbocycles. The first-order valence-electron chi connectivity index (χ1n) is 4.47. The summed E-state index contributed by atoms with van der Waals surface area (Å²) in [5.41, 5.74) is 0.791. The van der Waals surface area contributed by atoms with Crippen LogP contribution >= 0.6 is 0 Å². The van der Waals surface area contributed by atoms with E-state index in [1.54, 1.807) is 13.2 Å². The van der Waals surface area contributed by atoms with Crippen LogP contribution in [0, 0.1) is 11.3 Å². The summed E-state index contributed by atoms with van der Waals surface area (Å²) in [5.74, 6) is 0.721. The normalized spacial score (nSPS) is 11.8. The highest BCUT2D eigenvalue weighted by atomic mass is 16.5. The van der Waals surface area contributed by atoms with Crippen LogP contribution in [-0.2, 0) is 0 Å². The number of aliphatic hydroxyl groups excluding tert-OH is 1. The third-order valence-electron chi connectivity index (χ3n) is 2.01. The number of hydrogen-bond acceptors (Lipinski definition) is 3. The Morgan fingerprint density at radius 1 is 1.57 bits per heavy atom. The highest BCUT2D eigenvalue weighted by Gasteiger charge is 2.07. The summed E-state index contributed by atoms with van der Waals surface area (Å²) in [6, 6.07) is 9.25. The van der Waals surface area contributed by atoms with Crippen LogP contribution in [0.3, 0.4) is 0 Å². The molecule has 0 aliphatic carbocycles. The van der Waals surface area contributed by atoms with E-state index in [4.69, 9.17) is 10.00 Å². The molecule has 1 atom stereocenters. The quantitative estimate of drug-likeness (QED) is 0.792. The van der Waals surface area contributed by atoms with Gasteiger partial charge in [0.15, 0.2) is 0 Å². The van der Waals surface area contributed by atoms with E-state index in [2.05, 4.69) is 0 Å². The summed E-state index contributed by atoms with van der Waals surface area (Å²) in [4.78, 5) is 0. The molecule has 0 fully saturated rings. The van der Waals surface area contributed by atoms with Crippen LogP contribution in [0.1, 0.15) is 24.5 Å². The molecule has 0 heterocycles. The van der Waals surface area contributed by atoms with E-state index in [-0.39, 0.29) is 0 Å². The first-order valence-corrected chi connectivity index (χ1v) is 4.47. The second kappa shape index (κ2) is 5.25. The van der Waals surface area contributed by atoms with Crippen LogP contribution < -0.4 is 4.74 Å². The Bertz CT molecular complexity index is 330. The molecule has 3 nitrogen and oxygen atoms in total. The van der Waals surface area contributed by atoms with Gasteiger partial charge in [-0.3, -0.25) is 0 Å². The second-order valence-electron chi connectivity index (χ2n) is 2.99. The minimum atomic E-state index is -0.579. The number of ether oxygens (including phenoxy) is 1. The molecule has 0 spiro atoms. The summed E-state index contributed by atoms with van der Waals surface area (Å²) < 4.78 is 5.03. The van der Waals surface area contributed by atoms with E-state index in [1.807, 2.05) is 24.3 Å². The van der Waals surface area contributed by atoms with Gasteiger partial charge in [-0.2, -0.15) is 5.26 Å². The van der Waals surface area contributed by atoms with Crippen LogP contribution in [0.2, 0.25) is 0 Å². The maximum absolute atomic E-state index is 9.66. The average molecular weight is 191 g/mol. The van der Waals surface area contributed by atoms with Gasteiger partial charge in [0.1, 0.15) is 5.75 Å². The molecule has 1 rings (SSSR count). The highest BCUT2D eigenvalue weighted by Crippen LogP contribution is 2.21. The summed E-state index contributed by atoms with van der Waals surface area (Å²) in [5, 5.41) is 18.0. The van der Waals surface area contributed by atoms with Crippen molar-refractivity contribution in [3.05, 3.63) is 29.8 Å². The molecule has 0 saturated carbocycles. The van der Waals surface area contributed by atoms with Crippen LogP contribution in [0.15, 0.2) is 24.3 Å². The maximum Gasteiger partial charge on any atom is 0.119 e. The van der Waals surface area contributed by atoms with E-state index in [9.17, 15) is 5.11 Å². The van der Waals surface area contributed by atoms with Gasteiger partial charge in [0.25, 0.3) is 0 Å². The van der Waals surface area contributed by atoms with Crippen molar-refractivity contribution in [1.82, 2.24) is 0 Å². The van der Waals surface area contributed by atoms with Crippen molar-refractivity contribution in [2.75, 3.05) is 7.11 Å². The number of nitrogens with zero attached hydrogens (tertiary/aromatic N) is 1. The van der Waals surface area contributed by atoms with Crippen molar-refractivity contribution in [2.45, 2.75) is 18.9 Å². The molecule has 1 unspecified atom stereocenters. The van der Waals surface area contributed by atoms with Gasteiger partial charge in [0, 0.05) is 6.42 Å². The Morgan fingerprint density at radius 3 is 3.00 bits per heavy atom.